The number of hydrogen-bond donors (Lipinski definition) is 0. The van der Waals surface area contributed by atoms with E-state index in [9.17, 15) is 10.1 Å². The van der Waals surface area contributed by atoms with Gasteiger partial charge < -0.3 is 19.3 Å². The number of carbonyl (C=O) groups is 1. The number of nitriles is 1. The third-order valence-electron chi connectivity index (χ3n) is 9.53. The number of nitrogens with zero attached hydrogens (tertiary/aromatic N) is 8. The van der Waals surface area contributed by atoms with Gasteiger partial charge in [0.05, 0.1) is 36.7 Å². The zero-order valence-corrected chi connectivity index (χ0v) is 24.4. The predicted molar refractivity (Wildman–Crippen MR) is 157 cm³/mol. The zero-order valence-electron chi connectivity index (χ0n) is 24.4. The maximum atomic E-state index is 12.1. The first kappa shape index (κ1) is 27.1. The Hall–Kier alpha value is -3.72. The minimum absolute atomic E-state index is 0.180. The van der Waals surface area contributed by atoms with Crippen LogP contribution in [0.1, 0.15) is 31.2 Å². The topological polar surface area (TPSA) is 102 Å². The van der Waals surface area contributed by atoms with Gasteiger partial charge in [0.15, 0.2) is 0 Å². The van der Waals surface area contributed by atoms with E-state index in [1.807, 2.05) is 32.6 Å². The largest absolute Gasteiger partial charge is 0.491 e. The first-order valence-corrected chi connectivity index (χ1v) is 15.0. The number of aromatic nitrogens is 3. The average molecular weight is 571 g/mol. The summed E-state index contributed by atoms with van der Waals surface area (Å²) in [6.45, 7) is 5.73. The smallest absolute Gasteiger partial charge is 0.223 e. The molecule has 4 unspecified atom stereocenters. The number of piperazine rings is 1. The average Bonchev–Trinajstić information content (AvgIpc) is 3.51. The van der Waals surface area contributed by atoms with Gasteiger partial charge in [-0.25, -0.2) is 9.50 Å². The molecule has 5 aliphatic rings. The number of hydrogen-bond acceptors (Lipinski definition) is 9. The van der Waals surface area contributed by atoms with Crippen LogP contribution in [0.15, 0.2) is 36.8 Å². The second-order valence-corrected chi connectivity index (χ2v) is 12.2. The van der Waals surface area contributed by atoms with Crippen molar-refractivity contribution in [2.24, 2.45) is 0 Å². The molecule has 5 saturated heterocycles. The van der Waals surface area contributed by atoms with E-state index < -0.39 is 0 Å². The van der Waals surface area contributed by atoms with E-state index in [0.717, 1.165) is 67.6 Å². The lowest BCUT2D eigenvalue weighted by molar-refractivity contribution is -0.130. The van der Waals surface area contributed by atoms with Crippen LogP contribution in [0.5, 0.6) is 5.75 Å². The summed E-state index contributed by atoms with van der Waals surface area (Å²) >= 11 is 0. The van der Waals surface area contributed by atoms with Crippen LogP contribution in [0, 0.1) is 11.3 Å². The van der Waals surface area contributed by atoms with Crippen molar-refractivity contribution in [1.29, 1.82) is 5.26 Å². The molecule has 0 saturated carbocycles. The van der Waals surface area contributed by atoms with E-state index in [0.29, 0.717) is 42.8 Å². The highest BCUT2D eigenvalue weighted by Crippen LogP contribution is 2.36. The summed E-state index contributed by atoms with van der Waals surface area (Å²) in [7, 11) is 3.63. The fourth-order valence-corrected chi connectivity index (χ4v) is 7.24. The molecule has 11 nitrogen and oxygen atoms in total. The van der Waals surface area contributed by atoms with Crippen LogP contribution in [-0.4, -0.2) is 119 Å². The number of morpholine rings is 1. The van der Waals surface area contributed by atoms with Crippen molar-refractivity contribution in [1.82, 2.24) is 29.3 Å². The number of amides is 1. The molecular weight excluding hydrogens is 532 g/mol. The quantitative estimate of drug-likeness (QED) is 0.383. The molecule has 5 aliphatic heterocycles. The van der Waals surface area contributed by atoms with E-state index in [2.05, 4.69) is 38.0 Å². The van der Waals surface area contributed by atoms with Crippen molar-refractivity contribution in [2.75, 3.05) is 65.0 Å². The van der Waals surface area contributed by atoms with Crippen molar-refractivity contribution in [2.45, 2.75) is 49.9 Å². The van der Waals surface area contributed by atoms with Crippen molar-refractivity contribution in [3.63, 3.8) is 0 Å². The zero-order chi connectivity index (χ0) is 28.8. The molecule has 5 fully saturated rings. The van der Waals surface area contributed by atoms with E-state index in [-0.39, 0.29) is 5.91 Å². The summed E-state index contributed by atoms with van der Waals surface area (Å²) in [6, 6.07) is 10.4. The first-order chi connectivity index (χ1) is 20.5. The molecule has 4 atom stereocenters. The second-order valence-electron chi connectivity index (χ2n) is 12.2. The number of pyridine rings is 2. The molecule has 0 radical (unpaired) electrons. The molecule has 1 amide bonds. The van der Waals surface area contributed by atoms with E-state index in [1.165, 1.54) is 19.3 Å². The molecule has 0 aliphatic carbocycles. The highest BCUT2D eigenvalue weighted by molar-refractivity contribution is 5.85. The summed E-state index contributed by atoms with van der Waals surface area (Å²) < 4.78 is 13.7. The van der Waals surface area contributed by atoms with Crippen LogP contribution in [0.3, 0.4) is 0 Å². The van der Waals surface area contributed by atoms with Gasteiger partial charge in [0.1, 0.15) is 24.2 Å². The van der Waals surface area contributed by atoms with Gasteiger partial charge in [-0.15, -0.1) is 0 Å². The van der Waals surface area contributed by atoms with Crippen LogP contribution in [0.25, 0.3) is 16.6 Å². The van der Waals surface area contributed by atoms with Crippen molar-refractivity contribution >= 4 is 17.2 Å². The molecule has 4 bridgehead atoms. The van der Waals surface area contributed by atoms with Crippen LogP contribution in [0.2, 0.25) is 0 Å². The van der Waals surface area contributed by atoms with Crippen molar-refractivity contribution in [3.8, 4) is 22.9 Å². The maximum absolute atomic E-state index is 12.1. The Kier molecular flexibility index (Phi) is 7.22. The highest BCUT2D eigenvalue weighted by Gasteiger charge is 2.44. The minimum atomic E-state index is 0.180. The molecular formula is C31H38N8O3. The number of rotatable bonds is 9. The van der Waals surface area contributed by atoms with Crippen molar-refractivity contribution < 1.29 is 14.3 Å². The SMILES string of the molecule is CN(C)C(=O)CCN1C2CC1CN(c1ccc(-c3cc(OCCN4C5CCC4COC5)cn4ncc(C#N)c34)cn1)C2. The van der Waals surface area contributed by atoms with Gasteiger partial charge in [-0.2, -0.15) is 10.4 Å². The van der Waals surface area contributed by atoms with Crippen LogP contribution in [0.4, 0.5) is 5.82 Å². The highest BCUT2D eigenvalue weighted by atomic mass is 16.5. The minimum Gasteiger partial charge on any atom is -0.491 e. The monoisotopic (exact) mass is 570 g/mol. The molecule has 8 rings (SSSR count). The molecule has 3 aromatic rings. The summed E-state index contributed by atoms with van der Waals surface area (Å²) in [6.07, 6.45) is 9.49. The number of ether oxygens (including phenoxy) is 2. The van der Waals surface area contributed by atoms with Crippen LogP contribution in [-0.2, 0) is 9.53 Å². The van der Waals surface area contributed by atoms with Gasteiger partial charge >= 0.3 is 0 Å². The Balaban J connectivity index is 1.05. The molecule has 0 spiro atoms. The van der Waals surface area contributed by atoms with Gasteiger partial charge in [-0.3, -0.25) is 14.6 Å². The number of anilines is 1. The first-order valence-electron chi connectivity index (χ1n) is 15.0. The van der Waals surface area contributed by atoms with Gasteiger partial charge in [0.2, 0.25) is 5.91 Å². The third kappa shape index (κ3) is 4.97. The fraction of sp³-hybridized carbons (Fsp3) is 0.548. The summed E-state index contributed by atoms with van der Waals surface area (Å²) in [5.74, 6) is 1.85. The second kappa shape index (κ2) is 11.2. The normalized spacial score (nSPS) is 25.3. The van der Waals surface area contributed by atoms with Gasteiger partial charge in [-0.05, 0) is 37.5 Å². The molecule has 42 heavy (non-hydrogen) atoms. The lowest BCUT2D eigenvalue weighted by Gasteiger charge is -2.56. The van der Waals surface area contributed by atoms with Gasteiger partial charge in [0, 0.05) is 88.2 Å². The Bertz CT molecular complexity index is 1470. The lowest BCUT2D eigenvalue weighted by atomic mass is 9.87. The Morgan fingerprint density at radius 3 is 2.55 bits per heavy atom. The molecule has 0 N–H and O–H groups in total. The number of fused-ring (bicyclic) bond motifs is 5. The van der Waals surface area contributed by atoms with E-state index >= 15 is 0 Å². The van der Waals surface area contributed by atoms with Gasteiger partial charge in [-0.1, -0.05) is 0 Å². The van der Waals surface area contributed by atoms with Crippen LogP contribution < -0.4 is 9.64 Å². The lowest BCUT2D eigenvalue weighted by Crippen LogP contribution is -2.69. The standard InChI is InChI=1S/C31H38N8O3/c1-35(2)30(40)7-8-37-25-11-26(37)17-36(16-25)29-6-3-21(14-33-29)28-12-27(18-39-31(28)22(13-32)15-34-39)42-10-9-38-23-4-5-24(38)20-41-19-23/h3,6,12,14-15,18,23-26H,4-5,7-11,16-17,19-20H2,1-2H3. The van der Waals surface area contributed by atoms with E-state index in [1.54, 1.807) is 15.6 Å². The Morgan fingerprint density at radius 1 is 1.10 bits per heavy atom. The van der Waals surface area contributed by atoms with E-state index in [4.69, 9.17) is 14.5 Å². The Morgan fingerprint density at radius 2 is 1.86 bits per heavy atom. The third-order valence-corrected chi connectivity index (χ3v) is 9.53. The summed E-state index contributed by atoms with van der Waals surface area (Å²) in [4.78, 5) is 25.9. The Labute approximate surface area is 246 Å². The maximum Gasteiger partial charge on any atom is 0.223 e. The number of carbonyl (C=O) groups excluding carboxylic acids is 1. The van der Waals surface area contributed by atoms with Crippen LogP contribution >= 0.6 is 0 Å². The molecule has 220 valence electrons. The molecule has 8 heterocycles. The van der Waals surface area contributed by atoms with Crippen molar-refractivity contribution in [3.05, 3.63) is 42.4 Å². The number of piperidine rings is 1. The van der Waals surface area contributed by atoms with Gasteiger partial charge in [0.25, 0.3) is 0 Å². The summed E-state index contributed by atoms with van der Waals surface area (Å²) in [5.41, 5.74) is 3.08. The molecule has 3 aromatic heterocycles. The molecule has 0 aromatic carbocycles. The predicted octanol–water partition coefficient (Wildman–Crippen LogP) is 2.25. The molecule has 11 heteroatoms. The summed E-state index contributed by atoms with van der Waals surface area (Å²) in [5, 5.41) is 14.2. The fourth-order valence-electron chi connectivity index (χ4n) is 7.24.